The van der Waals surface area contributed by atoms with E-state index in [2.05, 4.69) is 4.98 Å². The Kier molecular flexibility index (Phi) is 2.27. The summed E-state index contributed by atoms with van der Waals surface area (Å²) in [5, 5.41) is 9.70. The third-order valence-electron chi connectivity index (χ3n) is 2.48. The fourth-order valence-electron chi connectivity index (χ4n) is 1.66. The van der Waals surface area contributed by atoms with E-state index in [1.807, 2.05) is 24.3 Å². The summed E-state index contributed by atoms with van der Waals surface area (Å²) < 4.78 is 5.60. The number of para-hydroxylation sites is 2. The maximum Gasteiger partial charge on any atom is 0.228 e. The van der Waals surface area contributed by atoms with Crippen molar-refractivity contribution in [2.45, 2.75) is 0 Å². The second-order valence-electron chi connectivity index (χ2n) is 3.65. The predicted molar refractivity (Wildman–Crippen MR) is 66.1 cm³/mol. The van der Waals surface area contributed by atoms with Gasteiger partial charge in [-0.05, 0) is 30.3 Å². The molecule has 3 rings (SSSR count). The van der Waals surface area contributed by atoms with Gasteiger partial charge in [0.05, 0.1) is 10.6 Å². The Hall–Kier alpha value is -2.00. The third kappa shape index (κ3) is 1.74. The Bertz CT molecular complexity index is 658. The lowest BCUT2D eigenvalue weighted by atomic mass is 10.2. The molecule has 0 aliphatic heterocycles. The maximum absolute atomic E-state index is 9.29. The van der Waals surface area contributed by atoms with Gasteiger partial charge in [0.1, 0.15) is 11.3 Å². The van der Waals surface area contributed by atoms with Gasteiger partial charge in [0.15, 0.2) is 5.58 Å². The summed E-state index contributed by atoms with van der Waals surface area (Å²) in [5.41, 5.74) is 2.17. The van der Waals surface area contributed by atoms with Gasteiger partial charge in [0.2, 0.25) is 5.89 Å². The average molecular weight is 246 g/mol. The molecule has 0 radical (unpaired) electrons. The Morgan fingerprint density at radius 3 is 2.71 bits per heavy atom. The van der Waals surface area contributed by atoms with E-state index in [9.17, 15) is 5.11 Å². The largest absolute Gasteiger partial charge is 0.508 e. The number of benzene rings is 2. The first-order chi connectivity index (χ1) is 8.24. The van der Waals surface area contributed by atoms with Crippen molar-refractivity contribution in [2.75, 3.05) is 0 Å². The van der Waals surface area contributed by atoms with Crippen LogP contribution >= 0.6 is 11.6 Å². The highest BCUT2D eigenvalue weighted by Crippen LogP contribution is 2.31. The van der Waals surface area contributed by atoms with E-state index in [1.54, 1.807) is 12.1 Å². The van der Waals surface area contributed by atoms with Crippen LogP contribution in [0.1, 0.15) is 0 Å². The molecule has 0 saturated heterocycles. The monoisotopic (exact) mass is 245 g/mol. The van der Waals surface area contributed by atoms with Crippen molar-refractivity contribution in [3.8, 4) is 17.2 Å². The highest BCUT2D eigenvalue weighted by Gasteiger charge is 2.11. The lowest BCUT2D eigenvalue weighted by Gasteiger charge is -1.99. The van der Waals surface area contributed by atoms with E-state index in [-0.39, 0.29) is 5.75 Å². The van der Waals surface area contributed by atoms with Gasteiger partial charge in [-0.3, -0.25) is 0 Å². The van der Waals surface area contributed by atoms with Crippen molar-refractivity contribution >= 4 is 22.7 Å². The highest BCUT2D eigenvalue weighted by molar-refractivity contribution is 6.33. The van der Waals surface area contributed by atoms with Crippen LogP contribution < -0.4 is 0 Å². The first kappa shape index (κ1) is 10.2. The summed E-state index contributed by atoms with van der Waals surface area (Å²) in [5.74, 6) is 0.575. The number of hydrogen-bond donors (Lipinski definition) is 1. The van der Waals surface area contributed by atoms with E-state index >= 15 is 0 Å². The molecular weight excluding hydrogens is 238 g/mol. The Morgan fingerprint density at radius 2 is 1.94 bits per heavy atom. The van der Waals surface area contributed by atoms with Crippen molar-refractivity contribution in [2.24, 2.45) is 0 Å². The van der Waals surface area contributed by atoms with E-state index in [0.717, 1.165) is 5.52 Å². The Labute approximate surface area is 102 Å². The first-order valence-corrected chi connectivity index (χ1v) is 5.46. The quantitative estimate of drug-likeness (QED) is 0.708. The zero-order valence-corrected chi connectivity index (χ0v) is 9.48. The summed E-state index contributed by atoms with van der Waals surface area (Å²) >= 11 is 6.03. The fraction of sp³-hybridized carbons (Fsp3) is 0. The molecule has 1 heterocycles. The van der Waals surface area contributed by atoms with Gasteiger partial charge in [0, 0.05) is 0 Å². The molecule has 3 nitrogen and oxygen atoms in total. The zero-order chi connectivity index (χ0) is 11.8. The normalized spacial score (nSPS) is 10.9. The van der Waals surface area contributed by atoms with Crippen molar-refractivity contribution in [3.05, 3.63) is 47.5 Å². The highest BCUT2D eigenvalue weighted by atomic mass is 35.5. The number of rotatable bonds is 1. The molecule has 1 aromatic heterocycles. The number of nitrogens with zero attached hydrogens (tertiary/aromatic N) is 1. The number of halogens is 1. The lowest BCUT2D eigenvalue weighted by Crippen LogP contribution is -1.78. The predicted octanol–water partition coefficient (Wildman–Crippen LogP) is 3.85. The topological polar surface area (TPSA) is 46.3 Å². The molecule has 0 amide bonds. The van der Waals surface area contributed by atoms with E-state index < -0.39 is 0 Å². The van der Waals surface area contributed by atoms with Gasteiger partial charge in [-0.25, -0.2) is 4.98 Å². The van der Waals surface area contributed by atoms with Crippen molar-refractivity contribution in [3.63, 3.8) is 0 Å². The molecule has 1 N–H and O–H groups in total. The molecule has 84 valence electrons. The SMILES string of the molecule is Oc1ccc(-c2nc3ccccc3o2)c(Cl)c1. The molecule has 0 spiro atoms. The molecule has 0 unspecified atom stereocenters. The second kappa shape index (κ2) is 3.79. The van der Waals surface area contributed by atoms with E-state index in [1.165, 1.54) is 6.07 Å². The number of aromatic nitrogens is 1. The van der Waals surface area contributed by atoms with Crippen LogP contribution in [0.25, 0.3) is 22.6 Å². The standard InChI is InChI=1S/C13H8ClNO2/c14-10-7-8(16)5-6-9(10)13-15-11-3-1-2-4-12(11)17-13/h1-7,16H. The van der Waals surface area contributed by atoms with Crippen LogP contribution in [-0.2, 0) is 0 Å². The molecule has 4 heteroatoms. The molecule has 0 atom stereocenters. The van der Waals surface area contributed by atoms with Crippen LogP contribution in [0.2, 0.25) is 5.02 Å². The van der Waals surface area contributed by atoms with E-state index in [0.29, 0.717) is 22.1 Å². The number of hydrogen-bond acceptors (Lipinski definition) is 3. The molecule has 2 aromatic carbocycles. The summed E-state index contributed by atoms with van der Waals surface area (Å²) in [6.45, 7) is 0. The molecule has 0 bridgehead atoms. The smallest absolute Gasteiger partial charge is 0.228 e. The molecule has 0 aliphatic rings. The minimum Gasteiger partial charge on any atom is -0.508 e. The molecule has 3 aromatic rings. The molecular formula is C13H8ClNO2. The Balaban J connectivity index is 2.20. The van der Waals surface area contributed by atoms with Crippen LogP contribution in [0.15, 0.2) is 46.9 Å². The zero-order valence-electron chi connectivity index (χ0n) is 8.72. The second-order valence-corrected chi connectivity index (χ2v) is 4.06. The summed E-state index contributed by atoms with van der Waals surface area (Å²) in [6, 6.07) is 12.2. The number of phenols is 1. The minimum atomic E-state index is 0.120. The number of oxazole rings is 1. The van der Waals surface area contributed by atoms with Crippen molar-refractivity contribution in [1.82, 2.24) is 4.98 Å². The molecule has 0 aliphatic carbocycles. The third-order valence-corrected chi connectivity index (χ3v) is 2.79. The molecule has 0 fully saturated rings. The van der Waals surface area contributed by atoms with Gasteiger partial charge in [0.25, 0.3) is 0 Å². The van der Waals surface area contributed by atoms with Gasteiger partial charge < -0.3 is 9.52 Å². The average Bonchev–Trinajstić information content (AvgIpc) is 2.72. The van der Waals surface area contributed by atoms with Crippen LogP contribution in [-0.4, -0.2) is 10.1 Å². The minimum absolute atomic E-state index is 0.120. The van der Waals surface area contributed by atoms with Crippen molar-refractivity contribution in [1.29, 1.82) is 0 Å². The molecule has 0 saturated carbocycles. The van der Waals surface area contributed by atoms with Crippen LogP contribution in [0.5, 0.6) is 5.75 Å². The number of fused-ring (bicyclic) bond motifs is 1. The van der Waals surface area contributed by atoms with Crippen molar-refractivity contribution < 1.29 is 9.52 Å². The Morgan fingerprint density at radius 1 is 1.12 bits per heavy atom. The lowest BCUT2D eigenvalue weighted by molar-refractivity contribution is 0.475. The van der Waals surface area contributed by atoms with Crippen LogP contribution in [0.3, 0.4) is 0 Å². The van der Waals surface area contributed by atoms with Gasteiger partial charge in [-0.15, -0.1) is 0 Å². The van der Waals surface area contributed by atoms with Gasteiger partial charge in [-0.2, -0.15) is 0 Å². The fourth-order valence-corrected chi connectivity index (χ4v) is 1.92. The van der Waals surface area contributed by atoms with Gasteiger partial charge >= 0.3 is 0 Å². The summed E-state index contributed by atoms with van der Waals surface area (Å²) in [6.07, 6.45) is 0. The summed E-state index contributed by atoms with van der Waals surface area (Å²) in [7, 11) is 0. The van der Waals surface area contributed by atoms with E-state index in [4.69, 9.17) is 16.0 Å². The maximum atomic E-state index is 9.29. The first-order valence-electron chi connectivity index (χ1n) is 5.08. The van der Waals surface area contributed by atoms with Gasteiger partial charge in [-0.1, -0.05) is 23.7 Å². The molecule has 17 heavy (non-hydrogen) atoms. The summed E-state index contributed by atoms with van der Waals surface area (Å²) in [4.78, 5) is 4.34. The number of phenolic OH excluding ortho intramolecular Hbond substituents is 1. The van der Waals surface area contributed by atoms with Crippen LogP contribution in [0.4, 0.5) is 0 Å². The van der Waals surface area contributed by atoms with Crippen LogP contribution in [0, 0.1) is 0 Å². The number of aromatic hydroxyl groups is 1.